The predicted molar refractivity (Wildman–Crippen MR) is 92.8 cm³/mol. The predicted octanol–water partition coefficient (Wildman–Crippen LogP) is 4.76. The van der Waals surface area contributed by atoms with Gasteiger partial charge in [0, 0.05) is 11.8 Å². The molecule has 2 nitrogen and oxygen atoms in total. The SMILES string of the molecule is CC[C@@H]1CC2=C(CC=C(OC)C2)[C@H]2CC[C@@]3(C)C(=CC[C@@H]3O)[C@H]12. The average molecular weight is 314 g/mol. The summed E-state index contributed by atoms with van der Waals surface area (Å²) < 4.78 is 5.53. The molecule has 0 radical (unpaired) electrons. The monoisotopic (exact) mass is 314 g/mol. The lowest BCUT2D eigenvalue weighted by molar-refractivity contribution is 0.0323. The lowest BCUT2D eigenvalue weighted by Crippen LogP contribution is -2.44. The Balaban J connectivity index is 1.71. The minimum absolute atomic E-state index is 0.0504. The summed E-state index contributed by atoms with van der Waals surface area (Å²) in [5, 5.41) is 10.5. The standard InChI is InChI=1S/C21H30O2/c1-4-13-11-14-12-15(23-3)5-6-16(14)17-9-10-21(2)18(20(13)17)7-8-19(21)22/h5,7,13,17,19-20,22H,4,6,8-12H2,1-3H3/t13-,17-,19+,20-,21+/m1/s1. The summed E-state index contributed by atoms with van der Waals surface area (Å²) in [5.41, 5.74) is 5.03. The van der Waals surface area contributed by atoms with Gasteiger partial charge in [-0.05, 0) is 55.9 Å². The van der Waals surface area contributed by atoms with Gasteiger partial charge in [0.15, 0.2) is 0 Å². The summed E-state index contributed by atoms with van der Waals surface area (Å²) in [7, 11) is 1.80. The van der Waals surface area contributed by atoms with E-state index in [0.29, 0.717) is 11.8 Å². The van der Waals surface area contributed by atoms with Crippen LogP contribution < -0.4 is 0 Å². The Morgan fingerprint density at radius 1 is 1.35 bits per heavy atom. The summed E-state index contributed by atoms with van der Waals surface area (Å²) in [4.78, 5) is 0. The van der Waals surface area contributed by atoms with Crippen LogP contribution in [0.25, 0.3) is 0 Å². The number of methoxy groups -OCH3 is 1. The van der Waals surface area contributed by atoms with Crippen LogP contribution in [0.15, 0.2) is 34.6 Å². The van der Waals surface area contributed by atoms with E-state index in [1.807, 2.05) is 0 Å². The quantitative estimate of drug-likeness (QED) is 0.745. The molecule has 0 amide bonds. The van der Waals surface area contributed by atoms with Crippen LogP contribution in [0.2, 0.25) is 0 Å². The second-order valence-electron chi connectivity index (χ2n) is 8.26. The third-order valence-electron chi connectivity index (χ3n) is 7.37. The number of aliphatic hydroxyl groups excluding tert-OH is 1. The Morgan fingerprint density at radius 3 is 2.91 bits per heavy atom. The zero-order valence-corrected chi connectivity index (χ0v) is 14.8. The van der Waals surface area contributed by atoms with Crippen molar-refractivity contribution in [2.24, 2.45) is 23.2 Å². The van der Waals surface area contributed by atoms with E-state index in [0.717, 1.165) is 37.4 Å². The van der Waals surface area contributed by atoms with Crippen molar-refractivity contribution in [3.63, 3.8) is 0 Å². The minimum Gasteiger partial charge on any atom is -0.501 e. The fraction of sp³-hybridized carbons (Fsp3) is 0.714. The van der Waals surface area contributed by atoms with Crippen molar-refractivity contribution >= 4 is 0 Å². The number of hydrogen-bond donors (Lipinski definition) is 1. The molecule has 0 spiro atoms. The van der Waals surface area contributed by atoms with E-state index in [4.69, 9.17) is 4.74 Å². The topological polar surface area (TPSA) is 29.5 Å². The fourth-order valence-electron chi connectivity index (χ4n) is 5.96. The summed E-state index contributed by atoms with van der Waals surface area (Å²) in [5.74, 6) is 3.29. The number of rotatable bonds is 2. The Hall–Kier alpha value is -1.02. The summed E-state index contributed by atoms with van der Waals surface area (Å²) in [6, 6.07) is 0. The highest BCUT2D eigenvalue weighted by Crippen LogP contribution is 2.60. The average Bonchev–Trinajstić information content (AvgIpc) is 2.88. The van der Waals surface area contributed by atoms with Crippen LogP contribution in [0.3, 0.4) is 0 Å². The molecule has 0 saturated heterocycles. The van der Waals surface area contributed by atoms with Gasteiger partial charge in [-0.1, -0.05) is 43.1 Å². The van der Waals surface area contributed by atoms with E-state index in [2.05, 4.69) is 26.0 Å². The van der Waals surface area contributed by atoms with Gasteiger partial charge in [-0.15, -0.1) is 0 Å². The second kappa shape index (κ2) is 5.51. The van der Waals surface area contributed by atoms with Crippen LogP contribution in [0.5, 0.6) is 0 Å². The maximum absolute atomic E-state index is 10.5. The van der Waals surface area contributed by atoms with E-state index in [1.165, 1.54) is 19.3 Å². The number of hydrogen-bond acceptors (Lipinski definition) is 2. The van der Waals surface area contributed by atoms with Gasteiger partial charge in [0.1, 0.15) is 0 Å². The molecular weight excluding hydrogens is 284 g/mol. The summed E-state index contributed by atoms with van der Waals surface area (Å²) >= 11 is 0. The zero-order chi connectivity index (χ0) is 16.2. The Bertz CT molecular complexity index is 597. The molecule has 126 valence electrons. The molecule has 0 aromatic heterocycles. The van der Waals surface area contributed by atoms with Crippen molar-refractivity contribution in [2.45, 2.75) is 64.9 Å². The van der Waals surface area contributed by atoms with Crippen molar-refractivity contribution in [1.82, 2.24) is 0 Å². The van der Waals surface area contributed by atoms with Gasteiger partial charge in [-0.2, -0.15) is 0 Å². The molecule has 2 heteroatoms. The first-order chi connectivity index (χ1) is 11.1. The molecule has 1 saturated carbocycles. The van der Waals surface area contributed by atoms with Crippen LogP contribution in [-0.4, -0.2) is 18.3 Å². The van der Waals surface area contributed by atoms with Crippen molar-refractivity contribution in [3.8, 4) is 0 Å². The molecule has 4 aliphatic rings. The third-order valence-corrected chi connectivity index (χ3v) is 7.37. The Labute approximate surface area is 140 Å². The second-order valence-corrected chi connectivity index (χ2v) is 8.26. The van der Waals surface area contributed by atoms with Gasteiger partial charge < -0.3 is 9.84 Å². The van der Waals surface area contributed by atoms with Crippen LogP contribution >= 0.6 is 0 Å². The van der Waals surface area contributed by atoms with E-state index in [9.17, 15) is 5.11 Å². The molecule has 0 unspecified atom stereocenters. The maximum atomic E-state index is 10.5. The molecule has 0 bridgehead atoms. The molecule has 4 rings (SSSR count). The molecule has 0 aliphatic heterocycles. The zero-order valence-electron chi connectivity index (χ0n) is 14.8. The summed E-state index contributed by atoms with van der Waals surface area (Å²) in [6.07, 6.45) is 12.4. The van der Waals surface area contributed by atoms with Crippen molar-refractivity contribution in [3.05, 3.63) is 34.6 Å². The van der Waals surface area contributed by atoms with Gasteiger partial charge in [-0.3, -0.25) is 0 Å². The first-order valence-electron chi connectivity index (χ1n) is 9.40. The smallest absolute Gasteiger partial charge is 0.0959 e. The molecule has 4 aliphatic carbocycles. The molecular formula is C21H30O2. The van der Waals surface area contributed by atoms with Crippen LogP contribution in [-0.2, 0) is 4.74 Å². The summed E-state index contributed by atoms with van der Waals surface area (Å²) in [6.45, 7) is 4.66. The molecule has 0 heterocycles. The largest absolute Gasteiger partial charge is 0.501 e. The highest BCUT2D eigenvalue weighted by atomic mass is 16.5. The van der Waals surface area contributed by atoms with Gasteiger partial charge in [0.25, 0.3) is 0 Å². The molecule has 5 atom stereocenters. The lowest BCUT2D eigenvalue weighted by atomic mass is 9.53. The molecule has 0 aromatic rings. The van der Waals surface area contributed by atoms with Gasteiger partial charge in [-0.25, -0.2) is 0 Å². The normalized spacial score (nSPS) is 42.4. The van der Waals surface area contributed by atoms with E-state index in [-0.39, 0.29) is 11.5 Å². The van der Waals surface area contributed by atoms with Crippen LogP contribution in [0.4, 0.5) is 0 Å². The Morgan fingerprint density at radius 2 is 2.17 bits per heavy atom. The number of aliphatic hydroxyl groups is 1. The van der Waals surface area contributed by atoms with E-state index in [1.54, 1.807) is 23.8 Å². The van der Waals surface area contributed by atoms with E-state index >= 15 is 0 Å². The molecule has 23 heavy (non-hydrogen) atoms. The number of fused-ring (bicyclic) bond motifs is 4. The van der Waals surface area contributed by atoms with Gasteiger partial charge in [0.2, 0.25) is 0 Å². The first kappa shape index (κ1) is 15.5. The lowest BCUT2D eigenvalue weighted by Gasteiger charge is -2.51. The molecule has 0 aromatic carbocycles. The maximum Gasteiger partial charge on any atom is 0.0959 e. The first-order valence-corrected chi connectivity index (χ1v) is 9.40. The van der Waals surface area contributed by atoms with E-state index < -0.39 is 0 Å². The highest BCUT2D eigenvalue weighted by Gasteiger charge is 2.52. The van der Waals surface area contributed by atoms with Crippen molar-refractivity contribution in [2.75, 3.05) is 7.11 Å². The molecule has 1 fully saturated rings. The van der Waals surface area contributed by atoms with Gasteiger partial charge >= 0.3 is 0 Å². The third kappa shape index (κ3) is 2.17. The van der Waals surface area contributed by atoms with Crippen molar-refractivity contribution in [1.29, 1.82) is 0 Å². The Kier molecular flexibility index (Phi) is 3.72. The fourth-order valence-corrected chi connectivity index (χ4v) is 5.96. The van der Waals surface area contributed by atoms with Crippen LogP contribution in [0, 0.1) is 23.2 Å². The number of ether oxygens (including phenoxy) is 1. The van der Waals surface area contributed by atoms with Gasteiger partial charge in [0.05, 0.1) is 19.0 Å². The highest BCUT2D eigenvalue weighted by molar-refractivity contribution is 5.39. The number of allylic oxidation sites excluding steroid dienone is 3. The van der Waals surface area contributed by atoms with Crippen LogP contribution in [0.1, 0.15) is 58.8 Å². The molecule has 1 N–H and O–H groups in total. The minimum atomic E-state index is -0.155. The van der Waals surface area contributed by atoms with Crippen molar-refractivity contribution < 1.29 is 9.84 Å².